The van der Waals surface area contributed by atoms with Crippen molar-refractivity contribution in [1.29, 1.82) is 0 Å². The van der Waals surface area contributed by atoms with E-state index in [9.17, 15) is 9.59 Å². The minimum atomic E-state index is -0.341. The van der Waals surface area contributed by atoms with Gasteiger partial charge in [0.1, 0.15) is 0 Å². The van der Waals surface area contributed by atoms with Crippen LogP contribution in [0.2, 0.25) is 5.02 Å². The van der Waals surface area contributed by atoms with Gasteiger partial charge in [0.05, 0.1) is 22.5 Å². The molecule has 104 valence electrons. The van der Waals surface area contributed by atoms with Crippen molar-refractivity contribution in [3.8, 4) is 0 Å². The van der Waals surface area contributed by atoms with Crippen LogP contribution in [-0.2, 0) is 0 Å². The molecule has 0 atom stereocenters. The largest absolute Gasteiger partial charge is 0.355 e. The van der Waals surface area contributed by atoms with E-state index in [4.69, 9.17) is 11.6 Å². The van der Waals surface area contributed by atoms with E-state index in [0.29, 0.717) is 27.5 Å². The Morgan fingerprint density at radius 2 is 2.05 bits per heavy atom. The van der Waals surface area contributed by atoms with E-state index in [1.807, 2.05) is 0 Å². The number of benzene rings is 1. The van der Waals surface area contributed by atoms with Gasteiger partial charge in [-0.25, -0.2) is 0 Å². The molecular formula is C13H13ClN4O2. The lowest BCUT2D eigenvalue weighted by molar-refractivity contribution is 0.0961. The van der Waals surface area contributed by atoms with Gasteiger partial charge in [-0.1, -0.05) is 11.6 Å². The summed E-state index contributed by atoms with van der Waals surface area (Å²) in [7, 11) is 1.53. The van der Waals surface area contributed by atoms with Crippen LogP contribution in [0.15, 0.2) is 24.4 Å². The van der Waals surface area contributed by atoms with Gasteiger partial charge in [-0.2, -0.15) is 5.10 Å². The van der Waals surface area contributed by atoms with Crippen molar-refractivity contribution in [1.82, 2.24) is 15.5 Å². The third-order valence-corrected chi connectivity index (χ3v) is 3.11. The maximum absolute atomic E-state index is 12.1. The number of halogens is 1. The van der Waals surface area contributed by atoms with Gasteiger partial charge in [0.2, 0.25) is 0 Å². The van der Waals surface area contributed by atoms with E-state index in [1.54, 1.807) is 19.1 Å². The Labute approximate surface area is 120 Å². The Morgan fingerprint density at radius 1 is 1.30 bits per heavy atom. The maximum Gasteiger partial charge on any atom is 0.259 e. The number of aromatic nitrogens is 2. The number of carbonyl (C=O) groups is 2. The van der Waals surface area contributed by atoms with Crippen LogP contribution >= 0.6 is 11.6 Å². The van der Waals surface area contributed by atoms with Crippen LogP contribution in [0.25, 0.3) is 0 Å². The topological polar surface area (TPSA) is 86.9 Å². The molecule has 1 aromatic heterocycles. The SMILES string of the molecule is CNC(=O)c1ccc(Cl)c(NC(=O)c2cn[nH]c2C)c1. The fraction of sp³-hybridized carbons (Fsp3) is 0.154. The molecule has 6 nitrogen and oxygen atoms in total. The minimum absolute atomic E-state index is 0.253. The molecule has 2 amide bonds. The molecule has 1 aromatic carbocycles. The van der Waals surface area contributed by atoms with Crippen molar-refractivity contribution < 1.29 is 9.59 Å². The Hall–Kier alpha value is -2.34. The number of hydrogen-bond donors (Lipinski definition) is 3. The van der Waals surface area contributed by atoms with E-state index in [-0.39, 0.29) is 11.8 Å². The normalized spacial score (nSPS) is 10.2. The quantitative estimate of drug-likeness (QED) is 0.808. The van der Waals surface area contributed by atoms with E-state index in [1.165, 1.54) is 19.3 Å². The summed E-state index contributed by atoms with van der Waals surface area (Å²) in [4.78, 5) is 23.6. The summed E-state index contributed by atoms with van der Waals surface area (Å²) in [5.74, 6) is -0.594. The molecule has 0 fully saturated rings. The van der Waals surface area contributed by atoms with E-state index in [2.05, 4.69) is 20.8 Å². The van der Waals surface area contributed by atoms with Gasteiger partial charge in [0.15, 0.2) is 0 Å². The second-order valence-electron chi connectivity index (χ2n) is 4.14. The van der Waals surface area contributed by atoms with Crippen molar-refractivity contribution in [2.24, 2.45) is 0 Å². The van der Waals surface area contributed by atoms with Crippen LogP contribution < -0.4 is 10.6 Å². The number of nitrogens with zero attached hydrogens (tertiary/aromatic N) is 1. The van der Waals surface area contributed by atoms with Crippen LogP contribution in [0.3, 0.4) is 0 Å². The molecule has 0 spiro atoms. The molecular weight excluding hydrogens is 280 g/mol. The number of hydrogen-bond acceptors (Lipinski definition) is 3. The Kier molecular flexibility index (Phi) is 4.05. The highest BCUT2D eigenvalue weighted by atomic mass is 35.5. The minimum Gasteiger partial charge on any atom is -0.355 e. The molecule has 0 radical (unpaired) electrons. The molecule has 3 N–H and O–H groups in total. The number of H-pyrrole nitrogens is 1. The molecule has 0 saturated heterocycles. The molecule has 7 heteroatoms. The third-order valence-electron chi connectivity index (χ3n) is 2.78. The van der Waals surface area contributed by atoms with Crippen molar-refractivity contribution >= 4 is 29.1 Å². The standard InChI is InChI=1S/C13H13ClN4O2/c1-7-9(6-16-18-7)13(20)17-11-5-8(12(19)15-2)3-4-10(11)14/h3-6H,1-2H3,(H,15,19)(H,16,18)(H,17,20). The zero-order valence-electron chi connectivity index (χ0n) is 11.0. The second kappa shape index (κ2) is 5.75. The second-order valence-corrected chi connectivity index (χ2v) is 4.54. The van der Waals surface area contributed by atoms with Crippen molar-refractivity contribution in [2.45, 2.75) is 6.92 Å². The lowest BCUT2D eigenvalue weighted by Crippen LogP contribution is -2.18. The number of amides is 2. The molecule has 0 saturated carbocycles. The Bertz CT molecular complexity index is 666. The summed E-state index contributed by atoms with van der Waals surface area (Å²) >= 11 is 6.02. The zero-order chi connectivity index (χ0) is 14.7. The summed E-state index contributed by atoms with van der Waals surface area (Å²) in [6.45, 7) is 1.74. The van der Waals surface area contributed by atoms with Gasteiger partial charge >= 0.3 is 0 Å². The highest BCUT2D eigenvalue weighted by molar-refractivity contribution is 6.34. The highest BCUT2D eigenvalue weighted by Gasteiger charge is 2.14. The number of aromatic amines is 1. The number of aryl methyl sites for hydroxylation is 1. The molecule has 1 heterocycles. The van der Waals surface area contributed by atoms with E-state index < -0.39 is 0 Å². The molecule has 0 unspecified atom stereocenters. The molecule has 2 rings (SSSR count). The van der Waals surface area contributed by atoms with E-state index >= 15 is 0 Å². The lowest BCUT2D eigenvalue weighted by atomic mass is 10.1. The van der Waals surface area contributed by atoms with Gasteiger partial charge in [0, 0.05) is 18.3 Å². The maximum atomic E-state index is 12.1. The lowest BCUT2D eigenvalue weighted by Gasteiger charge is -2.08. The summed E-state index contributed by atoms with van der Waals surface area (Å²) in [6, 6.07) is 4.67. The fourth-order valence-electron chi connectivity index (χ4n) is 1.68. The van der Waals surface area contributed by atoms with Crippen LogP contribution in [0.4, 0.5) is 5.69 Å². The summed E-state index contributed by atoms with van der Waals surface area (Å²) in [5, 5.41) is 12.0. The average molecular weight is 293 g/mol. The Balaban J connectivity index is 2.27. The first kappa shape index (κ1) is 14.1. The number of anilines is 1. The number of nitrogens with one attached hydrogen (secondary N) is 3. The highest BCUT2D eigenvalue weighted by Crippen LogP contribution is 2.24. The first-order valence-corrected chi connectivity index (χ1v) is 6.23. The molecule has 2 aromatic rings. The van der Waals surface area contributed by atoms with Crippen LogP contribution in [0.1, 0.15) is 26.4 Å². The van der Waals surface area contributed by atoms with Crippen molar-refractivity contribution in [3.63, 3.8) is 0 Å². The molecule has 0 aliphatic heterocycles. The van der Waals surface area contributed by atoms with Crippen LogP contribution in [0, 0.1) is 6.92 Å². The number of carbonyl (C=O) groups excluding carboxylic acids is 2. The monoisotopic (exact) mass is 292 g/mol. The fourth-order valence-corrected chi connectivity index (χ4v) is 1.84. The van der Waals surface area contributed by atoms with Crippen LogP contribution in [-0.4, -0.2) is 29.1 Å². The number of rotatable bonds is 3. The first-order chi connectivity index (χ1) is 9.52. The van der Waals surface area contributed by atoms with Crippen LogP contribution in [0.5, 0.6) is 0 Å². The van der Waals surface area contributed by atoms with Gasteiger partial charge in [-0.3, -0.25) is 14.7 Å². The van der Waals surface area contributed by atoms with Crippen molar-refractivity contribution in [3.05, 3.63) is 46.2 Å². The third kappa shape index (κ3) is 2.80. The van der Waals surface area contributed by atoms with Gasteiger partial charge in [0.25, 0.3) is 11.8 Å². The van der Waals surface area contributed by atoms with Gasteiger partial charge in [-0.05, 0) is 25.1 Å². The predicted molar refractivity (Wildman–Crippen MR) is 76.1 cm³/mol. The van der Waals surface area contributed by atoms with Gasteiger partial charge < -0.3 is 10.6 Å². The average Bonchev–Trinajstić information content (AvgIpc) is 2.86. The first-order valence-electron chi connectivity index (χ1n) is 5.86. The molecule has 0 bridgehead atoms. The summed E-state index contributed by atoms with van der Waals surface area (Å²) in [5.41, 5.74) is 1.86. The molecule has 0 aliphatic rings. The smallest absolute Gasteiger partial charge is 0.259 e. The molecule has 20 heavy (non-hydrogen) atoms. The summed E-state index contributed by atoms with van der Waals surface area (Å²) < 4.78 is 0. The summed E-state index contributed by atoms with van der Waals surface area (Å²) in [6.07, 6.45) is 1.43. The molecule has 0 aliphatic carbocycles. The van der Waals surface area contributed by atoms with Crippen molar-refractivity contribution in [2.75, 3.05) is 12.4 Å². The van der Waals surface area contributed by atoms with Gasteiger partial charge in [-0.15, -0.1) is 0 Å². The predicted octanol–water partition coefficient (Wildman–Crippen LogP) is 1.98. The zero-order valence-corrected chi connectivity index (χ0v) is 11.7. The Morgan fingerprint density at radius 3 is 2.65 bits per heavy atom. The van der Waals surface area contributed by atoms with E-state index in [0.717, 1.165) is 0 Å².